The number of aliphatic hydroxyl groups is 1. The number of aliphatic hydroxyl groups excluding tert-OH is 1. The van der Waals surface area contributed by atoms with E-state index in [4.69, 9.17) is 9.97 Å². The third kappa shape index (κ3) is 5.01. The van der Waals surface area contributed by atoms with Crippen molar-refractivity contribution in [1.29, 1.82) is 5.26 Å². The molecule has 0 radical (unpaired) electrons. The molecule has 6 rings (SSSR count). The van der Waals surface area contributed by atoms with Crippen LogP contribution < -0.4 is 4.90 Å². The molecule has 206 valence electrons. The molecular weight excluding hydrogens is 543 g/mol. The number of hydrogen-bond donors (Lipinski definition) is 1. The summed E-state index contributed by atoms with van der Waals surface area (Å²) in [6, 6.07) is 12.0. The molecule has 0 bridgehead atoms. The number of fused-ring (bicyclic) bond motifs is 1. The minimum atomic E-state index is -0.446. The van der Waals surface area contributed by atoms with Gasteiger partial charge in [-0.1, -0.05) is 18.3 Å². The average molecular weight is 569 g/mol. The summed E-state index contributed by atoms with van der Waals surface area (Å²) in [7, 11) is 1.88. The van der Waals surface area contributed by atoms with Crippen LogP contribution in [-0.2, 0) is 17.6 Å². The van der Waals surface area contributed by atoms with Crippen LogP contribution in [0.5, 0.6) is 0 Å². The number of carbonyl (C=O) groups is 1. The van der Waals surface area contributed by atoms with Crippen molar-refractivity contribution in [3.05, 3.63) is 77.2 Å². The van der Waals surface area contributed by atoms with Gasteiger partial charge in [-0.15, -0.1) is 0 Å². The smallest absolute Gasteiger partial charge is 0.230 e. The molecule has 1 N–H and O–H groups in total. The van der Waals surface area contributed by atoms with Gasteiger partial charge in [0.15, 0.2) is 5.13 Å². The van der Waals surface area contributed by atoms with Crippen LogP contribution in [0.15, 0.2) is 55.0 Å². The third-order valence-electron chi connectivity index (χ3n) is 7.00. The lowest BCUT2D eigenvalue weighted by Gasteiger charge is -2.35. The number of hydrogen-bond acceptors (Lipinski definition) is 9. The summed E-state index contributed by atoms with van der Waals surface area (Å²) in [5, 5.41) is 19.8. The molecule has 41 heavy (non-hydrogen) atoms. The first-order valence-electron chi connectivity index (χ1n) is 13.0. The van der Waals surface area contributed by atoms with E-state index >= 15 is 0 Å². The molecule has 0 aliphatic carbocycles. The summed E-state index contributed by atoms with van der Waals surface area (Å²) >= 11 is 1.26. The average Bonchev–Trinajstić information content (AvgIpc) is 3.57. The molecule has 1 amide bonds. The Morgan fingerprint density at radius 1 is 1.12 bits per heavy atom. The summed E-state index contributed by atoms with van der Waals surface area (Å²) in [6.07, 6.45) is 5.66. The van der Waals surface area contributed by atoms with Crippen molar-refractivity contribution >= 4 is 33.8 Å². The van der Waals surface area contributed by atoms with E-state index in [1.807, 2.05) is 41.6 Å². The third-order valence-corrected chi connectivity index (χ3v) is 8.04. The number of benzene rings is 1. The molecule has 0 unspecified atom stereocenters. The highest BCUT2D eigenvalue weighted by atomic mass is 32.1. The lowest BCUT2D eigenvalue weighted by atomic mass is 10.1. The second-order valence-corrected chi connectivity index (χ2v) is 10.7. The van der Waals surface area contributed by atoms with Crippen molar-refractivity contribution in [2.45, 2.75) is 25.9 Å². The van der Waals surface area contributed by atoms with Crippen LogP contribution in [0.3, 0.4) is 0 Å². The van der Waals surface area contributed by atoms with Crippen molar-refractivity contribution in [1.82, 2.24) is 29.2 Å². The fourth-order valence-electron chi connectivity index (χ4n) is 4.77. The van der Waals surface area contributed by atoms with Crippen LogP contribution in [0.1, 0.15) is 23.3 Å². The molecule has 1 fully saturated rings. The number of nitriles is 1. The highest BCUT2D eigenvalue weighted by Gasteiger charge is 2.29. The van der Waals surface area contributed by atoms with Gasteiger partial charge in [-0.3, -0.25) is 9.20 Å². The number of anilines is 2. The highest BCUT2D eigenvalue weighted by Crippen LogP contribution is 2.37. The van der Waals surface area contributed by atoms with E-state index in [-0.39, 0.29) is 18.1 Å². The monoisotopic (exact) mass is 568 g/mol. The van der Waals surface area contributed by atoms with Gasteiger partial charge in [0.05, 0.1) is 18.2 Å². The Morgan fingerprint density at radius 2 is 1.83 bits per heavy atom. The van der Waals surface area contributed by atoms with Gasteiger partial charge in [-0.25, -0.2) is 24.3 Å². The second kappa shape index (κ2) is 10.7. The van der Waals surface area contributed by atoms with Gasteiger partial charge in [-0.05, 0) is 42.8 Å². The Kier molecular flexibility index (Phi) is 6.90. The van der Waals surface area contributed by atoms with E-state index in [1.54, 1.807) is 29.4 Å². The molecule has 1 aromatic carbocycles. The van der Waals surface area contributed by atoms with E-state index < -0.39 is 6.10 Å². The van der Waals surface area contributed by atoms with Crippen LogP contribution in [0.2, 0.25) is 0 Å². The maximum atomic E-state index is 13.5. The molecule has 0 saturated carbocycles. The predicted octanol–water partition coefficient (Wildman–Crippen LogP) is 4.00. The quantitative estimate of drug-likeness (QED) is 0.313. The van der Waals surface area contributed by atoms with Crippen LogP contribution >= 0.6 is 11.3 Å². The van der Waals surface area contributed by atoms with Gasteiger partial charge in [0.25, 0.3) is 0 Å². The molecule has 0 spiro atoms. The SMILES string of the molecule is CCc1nc2ccc(-c3cnc(CC(=O)N4CC(O)C4)nc3)cn2c1N(C)c1nc(-c2ccc(F)cc2)c(C#N)s1. The van der Waals surface area contributed by atoms with Crippen molar-refractivity contribution in [2.24, 2.45) is 0 Å². The maximum Gasteiger partial charge on any atom is 0.230 e. The van der Waals surface area contributed by atoms with Crippen LogP contribution in [0, 0.1) is 17.1 Å². The van der Waals surface area contributed by atoms with Crippen molar-refractivity contribution in [2.75, 3.05) is 25.0 Å². The predicted molar refractivity (Wildman–Crippen MR) is 152 cm³/mol. The normalized spacial score (nSPS) is 13.3. The standard InChI is InChI=1S/C29H25FN8O2S/c1-3-22-28(36(2)29-35-27(23(11-31)41-29)17-4-7-20(30)8-5-17)38-14-18(6-9-25(38)34-22)19-12-32-24(33-13-19)10-26(40)37-15-21(39)16-37/h4-9,12-14,21,39H,3,10,15-16H2,1-2H3. The summed E-state index contributed by atoms with van der Waals surface area (Å²) in [4.78, 5) is 34.6. The molecule has 12 heteroatoms. The van der Waals surface area contributed by atoms with E-state index in [0.717, 1.165) is 28.3 Å². The van der Waals surface area contributed by atoms with Crippen molar-refractivity contribution in [3.63, 3.8) is 0 Å². The van der Waals surface area contributed by atoms with Gasteiger partial charge in [0.1, 0.15) is 39.7 Å². The first kappa shape index (κ1) is 26.5. The summed E-state index contributed by atoms with van der Waals surface area (Å²) in [5.74, 6) is 0.779. The van der Waals surface area contributed by atoms with Crippen LogP contribution in [0.25, 0.3) is 28.0 Å². The number of thiazole rings is 1. The summed E-state index contributed by atoms with van der Waals surface area (Å²) in [6.45, 7) is 2.73. The number of pyridine rings is 1. The Hall–Kier alpha value is -4.73. The van der Waals surface area contributed by atoms with Crippen molar-refractivity contribution in [3.8, 4) is 28.5 Å². The zero-order valence-electron chi connectivity index (χ0n) is 22.3. The molecule has 5 heterocycles. The van der Waals surface area contributed by atoms with Crippen LogP contribution in [-0.4, -0.2) is 66.5 Å². The minimum absolute atomic E-state index is 0.0841. The largest absolute Gasteiger partial charge is 0.389 e. The second-order valence-electron chi connectivity index (χ2n) is 9.75. The molecule has 1 aliphatic heterocycles. The molecule has 1 saturated heterocycles. The van der Waals surface area contributed by atoms with E-state index in [9.17, 15) is 19.6 Å². The minimum Gasteiger partial charge on any atom is -0.389 e. The number of amides is 1. The number of β-amino-alcohol motifs (C(OH)–C–C–N with tert-alkyl or cyclic N) is 1. The number of nitrogens with zero attached hydrogens (tertiary/aromatic N) is 8. The molecule has 0 atom stereocenters. The van der Waals surface area contributed by atoms with Gasteiger partial charge in [-0.2, -0.15) is 5.26 Å². The molecular formula is C29H25FN8O2S. The molecule has 10 nitrogen and oxygen atoms in total. The molecule has 4 aromatic heterocycles. The summed E-state index contributed by atoms with van der Waals surface area (Å²) in [5.41, 5.74) is 4.43. The number of aromatic nitrogens is 5. The van der Waals surface area contributed by atoms with Gasteiger partial charge in [0.2, 0.25) is 5.91 Å². The molecule has 5 aromatic rings. The number of halogens is 1. The van der Waals surface area contributed by atoms with Crippen molar-refractivity contribution < 1.29 is 14.3 Å². The fraction of sp³-hybridized carbons (Fsp3) is 0.241. The van der Waals surface area contributed by atoms with E-state index in [2.05, 4.69) is 16.0 Å². The van der Waals surface area contributed by atoms with Gasteiger partial charge < -0.3 is 14.9 Å². The number of imidazole rings is 1. The number of likely N-dealkylation sites (tertiary alicyclic amines) is 1. The van der Waals surface area contributed by atoms with Crippen LogP contribution in [0.4, 0.5) is 15.3 Å². The maximum absolute atomic E-state index is 13.5. The number of rotatable bonds is 7. The zero-order valence-corrected chi connectivity index (χ0v) is 23.1. The van der Waals surface area contributed by atoms with Gasteiger partial charge in [0, 0.05) is 55.4 Å². The fourth-order valence-corrected chi connectivity index (χ4v) is 5.62. The number of carbonyl (C=O) groups excluding carboxylic acids is 1. The first-order valence-corrected chi connectivity index (χ1v) is 13.8. The lowest BCUT2D eigenvalue weighted by molar-refractivity contribution is -0.140. The summed E-state index contributed by atoms with van der Waals surface area (Å²) < 4.78 is 15.5. The lowest BCUT2D eigenvalue weighted by Crippen LogP contribution is -2.54. The van der Waals surface area contributed by atoms with E-state index in [1.165, 1.54) is 23.5 Å². The topological polar surface area (TPSA) is 124 Å². The Morgan fingerprint density at radius 3 is 2.49 bits per heavy atom. The highest BCUT2D eigenvalue weighted by molar-refractivity contribution is 7.16. The Bertz CT molecular complexity index is 1790. The molecule has 1 aliphatic rings. The zero-order chi connectivity index (χ0) is 28.7. The van der Waals surface area contributed by atoms with Gasteiger partial charge >= 0.3 is 0 Å². The Labute approximate surface area is 239 Å². The number of aryl methyl sites for hydroxylation is 1. The first-order chi connectivity index (χ1) is 19.8. The Balaban J connectivity index is 1.31. The van der Waals surface area contributed by atoms with E-state index in [0.29, 0.717) is 46.6 Å².